The molecule has 2 aliphatic carbocycles. The average molecular weight is 445 g/mol. The summed E-state index contributed by atoms with van der Waals surface area (Å²) in [5, 5.41) is 16.7. The topological polar surface area (TPSA) is 96.7 Å². The molecule has 9 heteroatoms. The molecule has 3 N–H and O–H groups in total. The maximum absolute atomic E-state index is 13.7. The quantitative estimate of drug-likeness (QED) is 0.720. The van der Waals surface area contributed by atoms with Crippen molar-refractivity contribution >= 4 is 11.5 Å². The van der Waals surface area contributed by atoms with Crippen molar-refractivity contribution in [2.24, 2.45) is 11.1 Å². The molecule has 4 rings (SSSR count). The van der Waals surface area contributed by atoms with Crippen molar-refractivity contribution in [3.8, 4) is 11.8 Å². The fourth-order valence-corrected chi connectivity index (χ4v) is 4.72. The van der Waals surface area contributed by atoms with Crippen molar-refractivity contribution in [1.29, 1.82) is 5.26 Å². The molecule has 1 aromatic carbocycles. The van der Waals surface area contributed by atoms with E-state index in [4.69, 9.17) is 5.73 Å². The van der Waals surface area contributed by atoms with Crippen LogP contribution in [0, 0.1) is 16.7 Å². The van der Waals surface area contributed by atoms with Crippen LogP contribution in [0.1, 0.15) is 73.3 Å². The molecule has 170 valence electrons. The summed E-state index contributed by atoms with van der Waals surface area (Å²) in [6.45, 7) is 3.72. The normalized spacial score (nSPS) is 22.8. The molecular weight excluding hydrogens is 419 g/mol. The minimum Gasteiger partial charge on any atom is -0.381 e. The summed E-state index contributed by atoms with van der Waals surface area (Å²) < 4.78 is 42.4. The van der Waals surface area contributed by atoms with E-state index < -0.39 is 23.1 Å². The molecule has 6 nitrogen and oxygen atoms in total. The zero-order chi connectivity index (χ0) is 23.3. The lowest BCUT2D eigenvalue weighted by Gasteiger charge is -2.29. The number of halogens is 3. The van der Waals surface area contributed by atoms with Crippen molar-refractivity contribution in [3.63, 3.8) is 0 Å². The van der Waals surface area contributed by atoms with Gasteiger partial charge in [0.05, 0.1) is 28.2 Å². The number of carbonyl (C=O) groups excluding carboxylic acids is 1. The van der Waals surface area contributed by atoms with E-state index in [0.29, 0.717) is 23.4 Å². The minimum atomic E-state index is -4.74. The Hall–Kier alpha value is -2.86. The number of hydrogen-bond donors (Lipinski definition) is 2. The number of hydrogen-bond acceptors (Lipinski definition) is 5. The van der Waals surface area contributed by atoms with E-state index in [0.717, 1.165) is 25.7 Å². The molecule has 2 aromatic rings. The van der Waals surface area contributed by atoms with Gasteiger partial charge in [-0.05, 0) is 55.7 Å². The Morgan fingerprint density at radius 2 is 1.91 bits per heavy atom. The Bertz CT molecular complexity index is 1090. The number of nitrogens with two attached hydrogens (primary N) is 1. The lowest BCUT2D eigenvalue weighted by atomic mass is 9.75. The highest BCUT2D eigenvalue weighted by atomic mass is 19.4. The Balaban J connectivity index is 1.79. The van der Waals surface area contributed by atoms with E-state index in [-0.39, 0.29) is 29.8 Å². The summed E-state index contributed by atoms with van der Waals surface area (Å²) in [7, 11) is 0. The molecule has 0 bridgehead atoms. The number of Topliss-reactive ketones (excluding diaryl/α,β-unsaturated/α-hetero) is 1. The zero-order valence-corrected chi connectivity index (χ0v) is 18.1. The van der Waals surface area contributed by atoms with E-state index in [1.165, 1.54) is 4.68 Å². The average Bonchev–Trinajstić information content (AvgIpc) is 3.08. The monoisotopic (exact) mass is 445 g/mol. The van der Waals surface area contributed by atoms with E-state index in [1.54, 1.807) is 18.2 Å². The predicted octanol–water partition coefficient (Wildman–Crippen LogP) is 4.60. The second-order valence-corrected chi connectivity index (χ2v) is 9.62. The molecular formula is C23H26F3N5O. The molecule has 1 fully saturated rings. The fraction of sp³-hybridized carbons (Fsp3) is 0.522. The summed E-state index contributed by atoms with van der Waals surface area (Å²) in [5.41, 5.74) is 5.61. The van der Waals surface area contributed by atoms with Crippen LogP contribution < -0.4 is 11.1 Å². The molecule has 0 unspecified atom stereocenters. The fourth-order valence-electron chi connectivity index (χ4n) is 4.72. The number of alkyl halides is 3. The highest BCUT2D eigenvalue weighted by Gasteiger charge is 2.45. The first kappa shape index (κ1) is 22.3. The third kappa shape index (κ3) is 4.24. The maximum atomic E-state index is 13.7. The second kappa shape index (κ2) is 7.93. The van der Waals surface area contributed by atoms with Gasteiger partial charge in [-0.3, -0.25) is 4.79 Å². The molecule has 0 aliphatic heterocycles. The third-order valence-corrected chi connectivity index (χ3v) is 6.31. The summed E-state index contributed by atoms with van der Waals surface area (Å²) in [4.78, 5) is 12.7. The number of nitrogens with zero attached hydrogens (tertiary/aromatic N) is 3. The zero-order valence-electron chi connectivity index (χ0n) is 18.1. The molecule has 1 heterocycles. The predicted molar refractivity (Wildman–Crippen MR) is 114 cm³/mol. The van der Waals surface area contributed by atoms with Gasteiger partial charge in [-0.1, -0.05) is 13.8 Å². The standard InChI is InChI=1S/C23H26F3N5O/c1-22(2)10-18-20(19(32)11-22)21(23(24,25)26)30-31(18)16-8-3-13(12-27)17(9-16)29-15-6-4-14(28)5-7-15/h3,8-9,14-15,29H,4-7,10-11,28H2,1-2H3/t14-,15-. The first-order valence-corrected chi connectivity index (χ1v) is 10.8. The molecule has 1 saturated carbocycles. The van der Waals surface area contributed by atoms with Crippen molar-refractivity contribution in [2.45, 2.75) is 70.6 Å². The van der Waals surface area contributed by atoms with Gasteiger partial charge in [-0.15, -0.1) is 0 Å². The first-order valence-electron chi connectivity index (χ1n) is 10.8. The number of nitriles is 1. The molecule has 0 atom stereocenters. The largest absolute Gasteiger partial charge is 0.435 e. The SMILES string of the molecule is CC1(C)CC(=O)c2c(C(F)(F)F)nn(-c3ccc(C#N)c(N[C@H]4CC[C@H](N)CC4)c3)c2C1. The van der Waals surface area contributed by atoms with Crippen LogP contribution in [0.3, 0.4) is 0 Å². The maximum Gasteiger partial charge on any atom is 0.435 e. The van der Waals surface area contributed by atoms with Crippen LogP contribution >= 0.6 is 0 Å². The van der Waals surface area contributed by atoms with Crippen molar-refractivity contribution in [2.75, 3.05) is 5.32 Å². The molecule has 0 amide bonds. The summed E-state index contributed by atoms with van der Waals surface area (Å²) in [6, 6.07) is 7.23. The Kier molecular flexibility index (Phi) is 5.53. The smallest absolute Gasteiger partial charge is 0.381 e. The summed E-state index contributed by atoms with van der Waals surface area (Å²) in [5.74, 6) is -0.541. The Morgan fingerprint density at radius 3 is 2.53 bits per heavy atom. The van der Waals surface area contributed by atoms with Crippen LogP contribution in [-0.4, -0.2) is 27.6 Å². The number of nitrogens with one attached hydrogen (secondary N) is 1. The van der Waals surface area contributed by atoms with Gasteiger partial charge in [0.15, 0.2) is 11.5 Å². The van der Waals surface area contributed by atoms with Gasteiger partial charge < -0.3 is 11.1 Å². The number of fused-ring (bicyclic) bond motifs is 1. The van der Waals surface area contributed by atoms with Crippen LogP contribution in [0.5, 0.6) is 0 Å². The van der Waals surface area contributed by atoms with Gasteiger partial charge in [-0.2, -0.15) is 23.5 Å². The molecule has 0 saturated heterocycles. The van der Waals surface area contributed by atoms with Gasteiger partial charge in [0.1, 0.15) is 6.07 Å². The minimum absolute atomic E-state index is 0.0404. The number of carbonyl (C=O) groups is 1. The van der Waals surface area contributed by atoms with Gasteiger partial charge >= 0.3 is 6.18 Å². The number of benzene rings is 1. The van der Waals surface area contributed by atoms with Crippen LogP contribution in [0.4, 0.5) is 18.9 Å². The van der Waals surface area contributed by atoms with Crippen LogP contribution in [0.15, 0.2) is 18.2 Å². The van der Waals surface area contributed by atoms with Crippen molar-refractivity contribution < 1.29 is 18.0 Å². The van der Waals surface area contributed by atoms with E-state index >= 15 is 0 Å². The highest BCUT2D eigenvalue weighted by Crippen LogP contribution is 2.42. The van der Waals surface area contributed by atoms with Gasteiger partial charge in [-0.25, -0.2) is 4.68 Å². The van der Waals surface area contributed by atoms with E-state index in [2.05, 4.69) is 16.5 Å². The van der Waals surface area contributed by atoms with Crippen LogP contribution in [-0.2, 0) is 12.6 Å². The van der Waals surface area contributed by atoms with E-state index in [9.17, 15) is 23.2 Å². The van der Waals surface area contributed by atoms with Gasteiger partial charge in [0.25, 0.3) is 0 Å². The second-order valence-electron chi connectivity index (χ2n) is 9.62. The van der Waals surface area contributed by atoms with Crippen molar-refractivity contribution in [1.82, 2.24) is 9.78 Å². The van der Waals surface area contributed by atoms with Crippen molar-refractivity contribution in [3.05, 3.63) is 40.7 Å². The number of aromatic nitrogens is 2. The number of rotatable bonds is 3. The molecule has 0 radical (unpaired) electrons. The lowest BCUT2D eigenvalue weighted by Crippen LogP contribution is -2.33. The van der Waals surface area contributed by atoms with Gasteiger partial charge in [0.2, 0.25) is 0 Å². The molecule has 0 spiro atoms. The van der Waals surface area contributed by atoms with Gasteiger partial charge in [0, 0.05) is 18.5 Å². The van der Waals surface area contributed by atoms with Crippen LogP contribution in [0.2, 0.25) is 0 Å². The highest BCUT2D eigenvalue weighted by molar-refractivity contribution is 6.00. The summed E-state index contributed by atoms with van der Waals surface area (Å²) >= 11 is 0. The Morgan fingerprint density at radius 1 is 1.22 bits per heavy atom. The lowest BCUT2D eigenvalue weighted by molar-refractivity contribution is -0.141. The number of ketones is 1. The van der Waals surface area contributed by atoms with E-state index in [1.807, 2.05) is 13.8 Å². The first-order chi connectivity index (χ1) is 15.0. The Labute approximate surface area is 184 Å². The molecule has 1 aromatic heterocycles. The number of anilines is 1. The molecule has 2 aliphatic rings. The summed E-state index contributed by atoms with van der Waals surface area (Å²) in [6.07, 6.45) is -0.945. The van der Waals surface area contributed by atoms with Crippen LogP contribution in [0.25, 0.3) is 5.69 Å². The third-order valence-electron chi connectivity index (χ3n) is 6.31. The molecule has 32 heavy (non-hydrogen) atoms.